The molecule has 204 valence electrons. The molecule has 1 aromatic carbocycles. The summed E-state index contributed by atoms with van der Waals surface area (Å²) in [4.78, 5) is 17.7. The Bertz CT molecular complexity index is 1400. The van der Waals surface area contributed by atoms with Crippen LogP contribution < -0.4 is 16.4 Å². The van der Waals surface area contributed by atoms with E-state index in [1.807, 2.05) is 30.5 Å². The fourth-order valence-electron chi connectivity index (χ4n) is 4.62. The van der Waals surface area contributed by atoms with Crippen LogP contribution in [0.1, 0.15) is 52.6 Å². The van der Waals surface area contributed by atoms with Crippen LogP contribution >= 0.6 is 11.6 Å². The van der Waals surface area contributed by atoms with Crippen molar-refractivity contribution in [2.45, 2.75) is 38.0 Å². The van der Waals surface area contributed by atoms with Gasteiger partial charge >= 0.3 is 6.18 Å². The zero-order chi connectivity index (χ0) is 27.6. The summed E-state index contributed by atoms with van der Waals surface area (Å²) in [6.45, 7) is 1.05. The van der Waals surface area contributed by atoms with Crippen molar-refractivity contribution < 1.29 is 18.0 Å². The van der Waals surface area contributed by atoms with Crippen LogP contribution in [0.4, 0.5) is 13.2 Å². The highest BCUT2D eigenvalue weighted by atomic mass is 35.5. The van der Waals surface area contributed by atoms with E-state index >= 15 is 0 Å². The summed E-state index contributed by atoms with van der Waals surface area (Å²) in [5.41, 5.74) is 6.56. The smallest absolute Gasteiger partial charge is 0.326 e. The van der Waals surface area contributed by atoms with E-state index in [4.69, 9.17) is 17.3 Å². The Labute approximate surface area is 228 Å². The highest BCUT2D eigenvalue weighted by Gasteiger charge is 2.36. The number of nitrogens with one attached hydrogen (secondary N) is 2. The number of amides is 1. The number of alkyl halides is 3. The Hall–Kier alpha value is -3.47. The second kappa shape index (κ2) is 11.3. The second-order valence-electron chi connectivity index (χ2n) is 9.80. The molecule has 0 bridgehead atoms. The summed E-state index contributed by atoms with van der Waals surface area (Å²) in [7, 11) is 0. The maximum absolute atomic E-state index is 13.6. The van der Waals surface area contributed by atoms with E-state index in [0.29, 0.717) is 28.6 Å². The average Bonchev–Trinajstić information content (AvgIpc) is 3.64. The summed E-state index contributed by atoms with van der Waals surface area (Å²) in [6, 6.07) is 11.1. The van der Waals surface area contributed by atoms with Crippen LogP contribution in [0.5, 0.6) is 0 Å². The molecular formula is C28H28ClF3N6O. The summed E-state index contributed by atoms with van der Waals surface area (Å²) in [6.07, 6.45) is 5.47. The Morgan fingerprint density at radius 3 is 2.72 bits per heavy atom. The highest BCUT2D eigenvalue weighted by Crippen LogP contribution is 2.35. The quantitative estimate of drug-likeness (QED) is 0.335. The molecule has 2 aromatic heterocycles. The fraction of sp³-hybridized carbons (Fsp3) is 0.321. The lowest BCUT2D eigenvalue weighted by Gasteiger charge is -2.29. The molecule has 39 heavy (non-hydrogen) atoms. The Morgan fingerprint density at radius 1 is 1.21 bits per heavy atom. The first-order valence-corrected chi connectivity index (χ1v) is 13.1. The average molecular weight is 557 g/mol. The molecule has 0 spiro atoms. The minimum atomic E-state index is -4.73. The number of allylic oxidation sites excluding steroid dienone is 2. The van der Waals surface area contributed by atoms with E-state index in [9.17, 15) is 18.0 Å². The standard InChI is InChI=1S/C28H28ClF3N6O/c29-22-9-8-19(26(35-15-17-6-7-17)20-4-2-10-34-16-20)12-23(22)36-27(39)24-13-25(28(30,31)32)37-38(24)21-5-1-3-18(11-21)14-33/h1-5,9-13,16-17,19,26,35H,6-8,14-15,33H2,(H,36,39). The van der Waals surface area contributed by atoms with E-state index in [1.165, 1.54) is 12.8 Å². The number of aromatic nitrogens is 3. The summed E-state index contributed by atoms with van der Waals surface area (Å²) >= 11 is 6.47. The molecule has 2 unspecified atom stereocenters. The van der Waals surface area contributed by atoms with Crippen LogP contribution in [0.15, 0.2) is 77.7 Å². The molecule has 2 heterocycles. The van der Waals surface area contributed by atoms with Crippen molar-refractivity contribution in [3.8, 4) is 5.69 Å². The van der Waals surface area contributed by atoms with Gasteiger partial charge in [0, 0.05) is 37.0 Å². The van der Waals surface area contributed by atoms with E-state index in [-0.39, 0.29) is 29.9 Å². The number of pyridine rings is 1. The van der Waals surface area contributed by atoms with E-state index in [0.717, 1.165) is 22.9 Å². The topological polar surface area (TPSA) is 97.9 Å². The van der Waals surface area contributed by atoms with Gasteiger partial charge in [-0.05, 0) is 61.1 Å². The highest BCUT2D eigenvalue weighted by molar-refractivity contribution is 6.32. The van der Waals surface area contributed by atoms with Crippen molar-refractivity contribution in [3.05, 3.63) is 100 Å². The van der Waals surface area contributed by atoms with Gasteiger partial charge in [0.05, 0.1) is 16.4 Å². The lowest BCUT2D eigenvalue weighted by Crippen LogP contribution is -2.32. The van der Waals surface area contributed by atoms with E-state index in [1.54, 1.807) is 30.5 Å². The number of nitrogens with zero attached hydrogens (tertiary/aromatic N) is 3. The summed E-state index contributed by atoms with van der Waals surface area (Å²) in [5.74, 6) is -0.183. The van der Waals surface area contributed by atoms with Gasteiger partial charge in [-0.25, -0.2) is 4.68 Å². The largest absolute Gasteiger partial charge is 0.435 e. The Balaban J connectivity index is 1.44. The Morgan fingerprint density at radius 2 is 2.03 bits per heavy atom. The minimum Gasteiger partial charge on any atom is -0.326 e. The molecule has 1 amide bonds. The van der Waals surface area contributed by atoms with Crippen LogP contribution in [0.3, 0.4) is 0 Å². The molecule has 2 aliphatic rings. The molecule has 3 aromatic rings. The molecule has 0 saturated heterocycles. The number of carbonyl (C=O) groups is 1. The van der Waals surface area contributed by atoms with Gasteiger partial charge in [-0.15, -0.1) is 0 Å². The number of benzene rings is 1. The molecule has 1 fully saturated rings. The van der Waals surface area contributed by atoms with Crippen LogP contribution in [0.2, 0.25) is 0 Å². The van der Waals surface area contributed by atoms with Gasteiger partial charge in [-0.2, -0.15) is 18.3 Å². The number of nitrogens with two attached hydrogens (primary N) is 1. The molecule has 5 rings (SSSR count). The van der Waals surface area contributed by atoms with Crippen LogP contribution in [0.25, 0.3) is 5.69 Å². The number of hydrogen-bond acceptors (Lipinski definition) is 5. The van der Waals surface area contributed by atoms with Gasteiger partial charge in [0.1, 0.15) is 5.69 Å². The zero-order valence-electron chi connectivity index (χ0n) is 21.0. The third kappa shape index (κ3) is 6.41. The van der Waals surface area contributed by atoms with Gasteiger partial charge in [-0.3, -0.25) is 9.78 Å². The van der Waals surface area contributed by atoms with Gasteiger partial charge in [0.25, 0.3) is 5.91 Å². The predicted octanol–water partition coefficient (Wildman–Crippen LogP) is 5.24. The summed E-state index contributed by atoms with van der Waals surface area (Å²) < 4.78 is 41.7. The fourth-order valence-corrected chi connectivity index (χ4v) is 4.82. The van der Waals surface area contributed by atoms with Gasteiger partial charge in [0.2, 0.25) is 0 Å². The van der Waals surface area contributed by atoms with Crippen molar-refractivity contribution in [2.75, 3.05) is 6.54 Å². The van der Waals surface area contributed by atoms with Crippen LogP contribution in [-0.2, 0) is 12.7 Å². The lowest BCUT2D eigenvalue weighted by atomic mass is 9.87. The number of halogens is 4. The van der Waals surface area contributed by atoms with E-state index in [2.05, 4.69) is 20.7 Å². The van der Waals surface area contributed by atoms with Gasteiger partial charge in [-0.1, -0.05) is 42.0 Å². The number of hydrogen-bond donors (Lipinski definition) is 3. The lowest BCUT2D eigenvalue weighted by molar-refractivity contribution is -0.141. The van der Waals surface area contributed by atoms with Gasteiger partial charge < -0.3 is 16.4 Å². The maximum atomic E-state index is 13.6. The van der Waals surface area contributed by atoms with Crippen molar-refractivity contribution in [1.29, 1.82) is 0 Å². The first kappa shape index (κ1) is 27.1. The van der Waals surface area contributed by atoms with Crippen molar-refractivity contribution >= 4 is 17.5 Å². The van der Waals surface area contributed by atoms with Gasteiger partial charge in [0.15, 0.2) is 5.69 Å². The predicted molar refractivity (Wildman–Crippen MR) is 142 cm³/mol. The number of rotatable bonds is 9. The molecule has 4 N–H and O–H groups in total. The molecule has 2 atom stereocenters. The normalized spacial score (nSPS) is 18.3. The molecular weight excluding hydrogens is 529 g/mol. The first-order valence-electron chi connectivity index (χ1n) is 12.7. The summed E-state index contributed by atoms with van der Waals surface area (Å²) in [5, 5.41) is 10.4. The number of carbonyl (C=O) groups excluding carboxylic acids is 1. The monoisotopic (exact) mass is 556 g/mol. The van der Waals surface area contributed by atoms with Crippen molar-refractivity contribution in [3.63, 3.8) is 0 Å². The molecule has 2 aliphatic carbocycles. The molecule has 0 radical (unpaired) electrons. The zero-order valence-corrected chi connectivity index (χ0v) is 21.7. The van der Waals surface area contributed by atoms with Crippen molar-refractivity contribution in [2.24, 2.45) is 17.6 Å². The molecule has 1 saturated carbocycles. The molecule has 0 aliphatic heterocycles. The molecule has 7 nitrogen and oxygen atoms in total. The van der Waals surface area contributed by atoms with Crippen LogP contribution in [-0.4, -0.2) is 27.2 Å². The minimum absolute atomic E-state index is 0.0670. The molecule has 11 heteroatoms. The van der Waals surface area contributed by atoms with Crippen molar-refractivity contribution in [1.82, 2.24) is 25.4 Å². The SMILES string of the molecule is NCc1cccc(-n2nc(C(F)(F)F)cc2C(=O)NC2=CC(C(NCC3CC3)c3cccnc3)CC=C2Cl)c1. The van der Waals surface area contributed by atoms with Crippen LogP contribution in [0, 0.1) is 11.8 Å². The Kier molecular flexibility index (Phi) is 7.88. The third-order valence-electron chi connectivity index (χ3n) is 6.87. The third-order valence-corrected chi connectivity index (χ3v) is 7.23. The maximum Gasteiger partial charge on any atom is 0.435 e. The second-order valence-corrected chi connectivity index (χ2v) is 10.2. The first-order chi connectivity index (χ1) is 18.7. The van der Waals surface area contributed by atoms with E-state index < -0.39 is 17.8 Å².